The van der Waals surface area contributed by atoms with Crippen LogP contribution in [-0.4, -0.2) is 28.8 Å². The van der Waals surface area contributed by atoms with Gasteiger partial charge in [-0.25, -0.2) is 4.39 Å². The van der Waals surface area contributed by atoms with Crippen molar-refractivity contribution in [3.05, 3.63) is 22.4 Å². The number of nitrogens with two attached hydrogens (primary N) is 1. The van der Waals surface area contributed by atoms with E-state index in [0.29, 0.717) is 34.8 Å². The second-order valence-corrected chi connectivity index (χ2v) is 6.21. The molecule has 88 valence electrons. The molecule has 0 bridgehead atoms. The monoisotopic (exact) mass is 306 g/mol. The first kappa shape index (κ1) is 11.9. The summed E-state index contributed by atoms with van der Waals surface area (Å²) in [5.41, 5.74) is 7.01. The van der Waals surface area contributed by atoms with Crippen molar-refractivity contribution in [2.45, 2.75) is 0 Å². The van der Waals surface area contributed by atoms with Crippen molar-refractivity contribution in [3.63, 3.8) is 0 Å². The molecule has 0 spiro atoms. The van der Waals surface area contributed by atoms with Crippen molar-refractivity contribution in [1.29, 1.82) is 0 Å². The zero-order chi connectivity index (χ0) is 11.7. The van der Waals surface area contributed by atoms with Gasteiger partial charge in [-0.05, 0) is 22.0 Å². The van der Waals surface area contributed by atoms with Gasteiger partial charge in [0.2, 0.25) is 0 Å². The molecule has 1 aliphatic rings. The van der Waals surface area contributed by atoms with Gasteiger partial charge >= 0.3 is 0 Å². The minimum atomic E-state index is -0.719. The lowest BCUT2D eigenvalue weighted by molar-refractivity contribution is 0.621. The second kappa shape index (κ2) is 4.71. The molecule has 6 heteroatoms. The summed E-state index contributed by atoms with van der Waals surface area (Å²) >= 11 is 3.14. The van der Waals surface area contributed by atoms with E-state index in [0.717, 1.165) is 5.69 Å². The van der Waals surface area contributed by atoms with Gasteiger partial charge in [0.25, 0.3) is 0 Å². The number of benzene rings is 1. The van der Waals surface area contributed by atoms with E-state index < -0.39 is 10.8 Å². The minimum Gasteiger partial charge on any atom is -0.397 e. The van der Waals surface area contributed by atoms with Crippen LogP contribution in [-0.2, 0) is 10.8 Å². The molecular weight excluding hydrogens is 295 g/mol. The zero-order valence-corrected chi connectivity index (χ0v) is 11.0. The summed E-state index contributed by atoms with van der Waals surface area (Å²) in [6.45, 7) is 1.41. The van der Waals surface area contributed by atoms with Gasteiger partial charge in [0, 0.05) is 41.5 Å². The highest BCUT2D eigenvalue weighted by Crippen LogP contribution is 2.30. The quantitative estimate of drug-likeness (QED) is 0.804. The van der Waals surface area contributed by atoms with E-state index in [9.17, 15) is 8.60 Å². The van der Waals surface area contributed by atoms with Crippen molar-refractivity contribution in [2.24, 2.45) is 0 Å². The Hall–Kier alpha value is -0.620. The first-order chi connectivity index (χ1) is 7.58. The van der Waals surface area contributed by atoms with E-state index in [1.807, 2.05) is 4.90 Å². The minimum absolute atomic E-state index is 0.359. The molecule has 0 aliphatic carbocycles. The average molecular weight is 307 g/mol. The van der Waals surface area contributed by atoms with Crippen LogP contribution in [0.4, 0.5) is 15.8 Å². The first-order valence-corrected chi connectivity index (χ1v) is 7.20. The molecule has 2 rings (SSSR count). The lowest BCUT2D eigenvalue weighted by atomic mass is 10.2. The van der Waals surface area contributed by atoms with Crippen molar-refractivity contribution in [3.8, 4) is 0 Å². The number of halogens is 2. The lowest BCUT2D eigenvalue weighted by Gasteiger charge is -2.29. The summed E-state index contributed by atoms with van der Waals surface area (Å²) in [6.07, 6.45) is 0. The highest BCUT2D eigenvalue weighted by atomic mass is 79.9. The third-order valence-corrected chi connectivity index (χ3v) is 4.47. The van der Waals surface area contributed by atoms with Crippen molar-refractivity contribution in [2.75, 3.05) is 35.2 Å². The Labute approximate surface area is 104 Å². The summed E-state index contributed by atoms with van der Waals surface area (Å²) in [7, 11) is -0.719. The SMILES string of the molecule is Nc1cc(F)c(Br)cc1N1CCS(=O)CC1. The van der Waals surface area contributed by atoms with E-state index in [4.69, 9.17) is 5.73 Å². The molecule has 2 N–H and O–H groups in total. The Balaban J connectivity index is 2.26. The molecule has 1 aliphatic heterocycles. The van der Waals surface area contributed by atoms with Crippen LogP contribution in [0.25, 0.3) is 0 Å². The largest absolute Gasteiger partial charge is 0.397 e. The smallest absolute Gasteiger partial charge is 0.139 e. The van der Waals surface area contributed by atoms with E-state index in [1.165, 1.54) is 6.07 Å². The maximum atomic E-state index is 13.2. The molecule has 0 radical (unpaired) electrons. The molecule has 1 fully saturated rings. The van der Waals surface area contributed by atoms with Gasteiger partial charge in [0.15, 0.2) is 0 Å². The van der Waals surface area contributed by atoms with Gasteiger partial charge in [0.1, 0.15) is 5.82 Å². The lowest BCUT2D eigenvalue weighted by Crippen LogP contribution is -2.38. The molecule has 0 amide bonds. The highest BCUT2D eigenvalue weighted by molar-refractivity contribution is 9.10. The summed E-state index contributed by atoms with van der Waals surface area (Å²) in [4.78, 5) is 2.04. The summed E-state index contributed by atoms with van der Waals surface area (Å²) in [5, 5.41) is 0. The summed E-state index contributed by atoms with van der Waals surface area (Å²) in [6, 6.07) is 2.99. The molecule has 1 aromatic rings. The third kappa shape index (κ3) is 2.38. The molecule has 0 unspecified atom stereocenters. The summed E-state index contributed by atoms with van der Waals surface area (Å²) in [5.74, 6) is 0.935. The number of nitrogens with zero attached hydrogens (tertiary/aromatic N) is 1. The number of hydrogen-bond acceptors (Lipinski definition) is 3. The van der Waals surface area contributed by atoms with Crippen LogP contribution in [0.1, 0.15) is 0 Å². The van der Waals surface area contributed by atoms with Crippen molar-refractivity contribution in [1.82, 2.24) is 0 Å². The first-order valence-electron chi connectivity index (χ1n) is 4.92. The Morgan fingerprint density at radius 2 is 2.00 bits per heavy atom. The molecular formula is C10H12BrFN2OS. The Morgan fingerprint density at radius 1 is 1.38 bits per heavy atom. The van der Waals surface area contributed by atoms with E-state index in [1.54, 1.807) is 6.07 Å². The van der Waals surface area contributed by atoms with Gasteiger partial charge in [-0.2, -0.15) is 0 Å². The normalized spacial score (nSPS) is 17.8. The number of anilines is 2. The maximum Gasteiger partial charge on any atom is 0.139 e. The average Bonchev–Trinajstić information content (AvgIpc) is 2.25. The van der Waals surface area contributed by atoms with Crippen molar-refractivity contribution < 1.29 is 8.60 Å². The third-order valence-electron chi connectivity index (χ3n) is 2.59. The van der Waals surface area contributed by atoms with Crippen molar-refractivity contribution >= 4 is 38.1 Å². The van der Waals surface area contributed by atoms with Crippen LogP contribution in [0.5, 0.6) is 0 Å². The summed E-state index contributed by atoms with van der Waals surface area (Å²) < 4.78 is 24.8. The standard InChI is InChI=1S/C10H12BrFN2OS/c11-7-5-10(9(13)6-8(7)12)14-1-3-16(15)4-2-14/h5-6H,1-4,13H2. The predicted octanol–water partition coefficient (Wildman–Crippen LogP) is 1.74. The van der Waals surface area contributed by atoms with Gasteiger partial charge in [-0.3, -0.25) is 4.21 Å². The molecule has 0 atom stereocenters. The molecule has 1 saturated heterocycles. The van der Waals surface area contributed by atoms with Crippen LogP contribution in [0.2, 0.25) is 0 Å². The highest BCUT2D eigenvalue weighted by Gasteiger charge is 2.18. The molecule has 1 heterocycles. The molecule has 16 heavy (non-hydrogen) atoms. The number of rotatable bonds is 1. The number of nitrogen functional groups attached to an aromatic ring is 1. The molecule has 1 aromatic carbocycles. The Kier molecular flexibility index (Phi) is 3.49. The molecule has 0 saturated carbocycles. The fourth-order valence-electron chi connectivity index (χ4n) is 1.70. The van der Waals surface area contributed by atoms with E-state index in [-0.39, 0.29) is 5.82 Å². The van der Waals surface area contributed by atoms with Crippen LogP contribution >= 0.6 is 15.9 Å². The number of hydrogen-bond donors (Lipinski definition) is 1. The predicted molar refractivity (Wildman–Crippen MR) is 68.6 cm³/mol. The molecule has 0 aromatic heterocycles. The van der Waals surface area contributed by atoms with Gasteiger partial charge in [0.05, 0.1) is 15.8 Å². The topological polar surface area (TPSA) is 46.3 Å². The Bertz CT molecular complexity index is 431. The van der Waals surface area contributed by atoms with Crippen LogP contribution in [0.15, 0.2) is 16.6 Å². The van der Waals surface area contributed by atoms with Crippen LogP contribution < -0.4 is 10.6 Å². The van der Waals surface area contributed by atoms with Crippen LogP contribution in [0, 0.1) is 5.82 Å². The fourth-order valence-corrected chi connectivity index (χ4v) is 3.09. The van der Waals surface area contributed by atoms with Gasteiger partial charge in [-0.15, -0.1) is 0 Å². The molecule has 3 nitrogen and oxygen atoms in total. The van der Waals surface area contributed by atoms with Gasteiger partial charge in [-0.1, -0.05) is 0 Å². The van der Waals surface area contributed by atoms with Gasteiger partial charge < -0.3 is 10.6 Å². The van der Waals surface area contributed by atoms with E-state index in [2.05, 4.69) is 15.9 Å². The fraction of sp³-hybridized carbons (Fsp3) is 0.400. The van der Waals surface area contributed by atoms with Crippen LogP contribution in [0.3, 0.4) is 0 Å². The zero-order valence-electron chi connectivity index (χ0n) is 8.58. The maximum absolute atomic E-state index is 13.2. The Morgan fingerprint density at radius 3 is 2.62 bits per heavy atom. The second-order valence-electron chi connectivity index (χ2n) is 3.66. The van der Waals surface area contributed by atoms with E-state index >= 15 is 0 Å².